The van der Waals surface area contributed by atoms with Crippen molar-refractivity contribution >= 4 is 5.71 Å². The van der Waals surface area contributed by atoms with Crippen molar-refractivity contribution in [1.82, 2.24) is 0 Å². The largest absolute Gasteiger partial charge is 0.389 e. The van der Waals surface area contributed by atoms with Gasteiger partial charge in [-0.05, 0) is 26.2 Å². The lowest BCUT2D eigenvalue weighted by Crippen LogP contribution is -2.27. The molecule has 0 radical (unpaired) electrons. The second-order valence-corrected chi connectivity index (χ2v) is 4.09. The summed E-state index contributed by atoms with van der Waals surface area (Å²) in [4.78, 5) is 5.54. The molecule has 2 nitrogen and oxygen atoms in total. The van der Waals surface area contributed by atoms with Gasteiger partial charge in [-0.2, -0.15) is 0 Å². The third-order valence-corrected chi connectivity index (χ3v) is 2.85. The van der Waals surface area contributed by atoms with Crippen LogP contribution in [-0.4, -0.2) is 11.3 Å². The molecule has 1 atom stereocenters. The summed E-state index contributed by atoms with van der Waals surface area (Å²) in [6, 6.07) is 0. The van der Waals surface area contributed by atoms with E-state index in [-0.39, 0.29) is 5.60 Å². The fourth-order valence-corrected chi connectivity index (χ4v) is 1.90. The molecule has 0 N–H and O–H groups in total. The van der Waals surface area contributed by atoms with Gasteiger partial charge in [-0.25, -0.2) is 0 Å². The lowest BCUT2D eigenvalue weighted by Gasteiger charge is -2.24. The molecule has 0 aromatic carbocycles. The molecule has 0 fully saturated rings. The van der Waals surface area contributed by atoms with Gasteiger partial charge < -0.3 is 4.84 Å². The molecule has 1 unspecified atom stereocenters. The van der Waals surface area contributed by atoms with Crippen LogP contribution in [0.1, 0.15) is 73.1 Å². The second-order valence-electron chi connectivity index (χ2n) is 4.09. The van der Waals surface area contributed by atoms with Crippen molar-refractivity contribution < 1.29 is 4.84 Å². The molecule has 0 saturated heterocycles. The fraction of sp³-hybridized carbons (Fsp3) is 0.923. The van der Waals surface area contributed by atoms with Gasteiger partial charge in [0.1, 0.15) is 5.60 Å². The Balaban J connectivity index is 0.000000921. The van der Waals surface area contributed by atoms with Gasteiger partial charge in [0.05, 0.1) is 5.71 Å². The molecule has 1 aliphatic rings. The monoisotopic (exact) mass is 213 g/mol. The molecule has 1 heterocycles. The topological polar surface area (TPSA) is 21.6 Å². The molecule has 1 rings (SSSR count). The Morgan fingerprint density at radius 3 is 2.33 bits per heavy atom. The molecule has 0 aliphatic carbocycles. The first-order valence-corrected chi connectivity index (χ1v) is 6.44. The third-order valence-electron chi connectivity index (χ3n) is 2.85. The Labute approximate surface area is 95.1 Å². The average Bonchev–Trinajstić information content (AvgIpc) is 2.64. The number of unbranched alkanes of at least 4 members (excludes halogenated alkanes) is 2. The van der Waals surface area contributed by atoms with Crippen molar-refractivity contribution in [3.05, 3.63) is 0 Å². The number of hydrogen-bond acceptors (Lipinski definition) is 2. The molecular formula is C13H27NO. The van der Waals surface area contributed by atoms with Gasteiger partial charge in [0, 0.05) is 6.42 Å². The zero-order chi connectivity index (χ0) is 11.7. The Bertz CT molecular complexity index is 189. The molecule has 2 heteroatoms. The predicted molar refractivity (Wildman–Crippen MR) is 67.3 cm³/mol. The zero-order valence-corrected chi connectivity index (χ0v) is 11.1. The van der Waals surface area contributed by atoms with Crippen LogP contribution in [0.15, 0.2) is 5.16 Å². The summed E-state index contributed by atoms with van der Waals surface area (Å²) in [6.07, 6.45) is 7.14. The highest BCUT2D eigenvalue weighted by atomic mass is 16.7. The zero-order valence-electron chi connectivity index (χ0n) is 11.1. The SMILES string of the molecule is CC.CCCCCC1(CC)CC(C)=NO1. The first-order valence-electron chi connectivity index (χ1n) is 6.44. The van der Waals surface area contributed by atoms with Crippen LogP contribution in [0.4, 0.5) is 0 Å². The molecule has 0 saturated carbocycles. The van der Waals surface area contributed by atoms with Crippen LogP contribution < -0.4 is 0 Å². The summed E-state index contributed by atoms with van der Waals surface area (Å²) >= 11 is 0. The maximum absolute atomic E-state index is 5.54. The van der Waals surface area contributed by atoms with Crippen molar-refractivity contribution in [2.75, 3.05) is 0 Å². The van der Waals surface area contributed by atoms with E-state index in [1.165, 1.54) is 19.3 Å². The summed E-state index contributed by atoms with van der Waals surface area (Å²) in [5.74, 6) is 0. The van der Waals surface area contributed by atoms with Crippen LogP contribution >= 0.6 is 0 Å². The van der Waals surface area contributed by atoms with E-state index in [1.807, 2.05) is 13.8 Å². The van der Waals surface area contributed by atoms with Crippen LogP contribution in [-0.2, 0) is 4.84 Å². The van der Waals surface area contributed by atoms with E-state index in [1.54, 1.807) is 0 Å². The van der Waals surface area contributed by atoms with Gasteiger partial charge in [0.2, 0.25) is 0 Å². The van der Waals surface area contributed by atoms with Crippen LogP contribution in [0.25, 0.3) is 0 Å². The van der Waals surface area contributed by atoms with Crippen molar-refractivity contribution in [3.8, 4) is 0 Å². The molecule has 1 aliphatic heterocycles. The normalized spacial score (nSPS) is 23.9. The molecule has 0 amide bonds. The number of rotatable bonds is 5. The van der Waals surface area contributed by atoms with Crippen molar-refractivity contribution in [2.45, 2.75) is 78.7 Å². The van der Waals surface area contributed by atoms with E-state index < -0.39 is 0 Å². The van der Waals surface area contributed by atoms with E-state index in [0.29, 0.717) is 0 Å². The Morgan fingerprint density at radius 1 is 1.27 bits per heavy atom. The lowest BCUT2D eigenvalue weighted by molar-refractivity contribution is -0.0296. The summed E-state index contributed by atoms with van der Waals surface area (Å²) in [5.41, 5.74) is 1.21. The first kappa shape index (κ1) is 14.5. The minimum absolute atomic E-state index is 0.0548. The molecule has 90 valence electrons. The van der Waals surface area contributed by atoms with Gasteiger partial charge in [0.25, 0.3) is 0 Å². The van der Waals surface area contributed by atoms with Gasteiger partial charge in [-0.1, -0.05) is 45.7 Å². The Kier molecular flexibility index (Phi) is 7.45. The molecular weight excluding hydrogens is 186 g/mol. The Hall–Kier alpha value is -0.530. The Morgan fingerprint density at radius 2 is 1.93 bits per heavy atom. The molecule has 0 bridgehead atoms. The van der Waals surface area contributed by atoms with Gasteiger partial charge in [-0.3, -0.25) is 0 Å². The van der Waals surface area contributed by atoms with Gasteiger partial charge in [-0.15, -0.1) is 0 Å². The maximum atomic E-state index is 5.54. The van der Waals surface area contributed by atoms with Crippen LogP contribution in [0.2, 0.25) is 0 Å². The standard InChI is InChI=1S/C11H21NO.C2H6/c1-4-6-7-8-11(5-2)9-10(3)12-13-11;1-2/h4-9H2,1-3H3;1-2H3. The summed E-state index contributed by atoms with van der Waals surface area (Å²) in [6.45, 7) is 10.5. The van der Waals surface area contributed by atoms with Crippen LogP contribution in [0, 0.1) is 0 Å². The third kappa shape index (κ3) is 4.67. The molecule has 0 aromatic heterocycles. The summed E-state index contributed by atoms with van der Waals surface area (Å²) in [5, 5.41) is 4.06. The van der Waals surface area contributed by atoms with Crippen molar-refractivity contribution in [2.24, 2.45) is 5.16 Å². The van der Waals surface area contributed by atoms with Crippen molar-refractivity contribution in [1.29, 1.82) is 0 Å². The van der Waals surface area contributed by atoms with E-state index in [4.69, 9.17) is 4.84 Å². The maximum Gasteiger partial charge on any atom is 0.142 e. The van der Waals surface area contributed by atoms with E-state index in [2.05, 4.69) is 25.9 Å². The minimum atomic E-state index is 0.0548. The fourth-order valence-electron chi connectivity index (χ4n) is 1.90. The summed E-state index contributed by atoms with van der Waals surface area (Å²) < 4.78 is 0. The number of nitrogens with zero attached hydrogens (tertiary/aromatic N) is 1. The second kappa shape index (κ2) is 7.72. The van der Waals surface area contributed by atoms with Crippen molar-refractivity contribution in [3.63, 3.8) is 0 Å². The average molecular weight is 213 g/mol. The molecule has 0 aromatic rings. The summed E-state index contributed by atoms with van der Waals surface area (Å²) in [7, 11) is 0. The lowest BCUT2D eigenvalue weighted by atomic mass is 9.89. The highest BCUT2D eigenvalue weighted by Gasteiger charge is 2.35. The number of oxime groups is 1. The predicted octanol–water partition coefficient (Wildman–Crippen LogP) is 4.54. The van der Waals surface area contributed by atoms with Gasteiger partial charge >= 0.3 is 0 Å². The van der Waals surface area contributed by atoms with E-state index in [0.717, 1.165) is 25.0 Å². The number of hydrogen-bond donors (Lipinski definition) is 0. The first-order chi connectivity index (χ1) is 7.22. The quantitative estimate of drug-likeness (QED) is 0.614. The highest BCUT2D eigenvalue weighted by molar-refractivity contribution is 5.83. The molecule has 0 spiro atoms. The van der Waals surface area contributed by atoms with E-state index >= 15 is 0 Å². The smallest absolute Gasteiger partial charge is 0.142 e. The van der Waals surface area contributed by atoms with E-state index in [9.17, 15) is 0 Å². The highest BCUT2D eigenvalue weighted by Crippen LogP contribution is 2.32. The van der Waals surface area contributed by atoms with Gasteiger partial charge in [0.15, 0.2) is 0 Å². The minimum Gasteiger partial charge on any atom is -0.389 e. The molecule has 15 heavy (non-hydrogen) atoms. The van der Waals surface area contributed by atoms with Crippen LogP contribution in [0.3, 0.4) is 0 Å². The van der Waals surface area contributed by atoms with Crippen LogP contribution in [0.5, 0.6) is 0 Å².